The van der Waals surface area contributed by atoms with Gasteiger partial charge >= 0.3 is 0 Å². The first-order valence-corrected chi connectivity index (χ1v) is 4.26. The number of rotatable bonds is 1. The zero-order valence-corrected chi connectivity index (χ0v) is 8.24. The fraction of sp³-hybridized carbons (Fsp3) is 0.300. The smallest absolute Gasteiger partial charge is 0.130 e. The fourth-order valence-electron chi connectivity index (χ4n) is 1.17. The average molecular weight is 198 g/mol. The maximum Gasteiger partial charge on any atom is 0.130 e. The normalized spacial score (nSPS) is 9.77. The second-order valence-corrected chi connectivity index (χ2v) is 3.32. The van der Waals surface area contributed by atoms with Crippen LogP contribution >= 0.6 is 11.6 Å². The fourth-order valence-corrected chi connectivity index (χ4v) is 1.38. The molecule has 0 saturated carbocycles. The van der Waals surface area contributed by atoms with Gasteiger partial charge in [0.1, 0.15) is 5.82 Å². The van der Waals surface area contributed by atoms with Crippen molar-refractivity contribution in [2.75, 3.05) is 0 Å². The number of nitrogens with zero attached hydrogens (tertiary/aromatic N) is 1. The highest BCUT2D eigenvalue weighted by Gasteiger charge is 2.10. The zero-order valence-electron chi connectivity index (χ0n) is 7.49. The lowest BCUT2D eigenvalue weighted by molar-refractivity contribution is 0.607. The molecular weight excluding hydrogens is 189 g/mol. The third kappa shape index (κ3) is 1.81. The van der Waals surface area contributed by atoms with Gasteiger partial charge in [-0.3, -0.25) is 0 Å². The summed E-state index contributed by atoms with van der Waals surface area (Å²) in [6.45, 7) is 3.28. The molecule has 0 spiro atoms. The number of halogens is 2. The van der Waals surface area contributed by atoms with Crippen LogP contribution in [0.3, 0.4) is 0 Å². The summed E-state index contributed by atoms with van der Waals surface area (Å²) in [5, 5.41) is 8.86. The molecule has 0 amide bonds. The summed E-state index contributed by atoms with van der Waals surface area (Å²) < 4.78 is 13.4. The Kier molecular flexibility index (Phi) is 2.90. The Morgan fingerprint density at radius 3 is 2.62 bits per heavy atom. The van der Waals surface area contributed by atoms with E-state index >= 15 is 0 Å². The van der Waals surface area contributed by atoms with Crippen molar-refractivity contribution in [1.29, 1.82) is 5.26 Å². The van der Waals surface area contributed by atoms with Crippen LogP contribution in [-0.2, 0) is 6.42 Å². The van der Waals surface area contributed by atoms with E-state index in [4.69, 9.17) is 16.9 Å². The van der Waals surface area contributed by atoms with E-state index in [2.05, 4.69) is 0 Å². The lowest BCUT2D eigenvalue weighted by Gasteiger charge is -2.07. The van der Waals surface area contributed by atoms with Crippen molar-refractivity contribution < 1.29 is 4.39 Å². The van der Waals surface area contributed by atoms with E-state index in [-0.39, 0.29) is 12.2 Å². The van der Waals surface area contributed by atoms with E-state index in [1.807, 2.05) is 6.07 Å². The van der Waals surface area contributed by atoms with E-state index in [1.165, 1.54) is 0 Å². The van der Waals surface area contributed by atoms with Crippen molar-refractivity contribution in [2.24, 2.45) is 0 Å². The second kappa shape index (κ2) is 3.76. The first-order chi connectivity index (χ1) is 6.07. The summed E-state index contributed by atoms with van der Waals surface area (Å²) in [6.07, 6.45) is 0.197. The molecule has 0 aliphatic carbocycles. The van der Waals surface area contributed by atoms with Crippen LogP contribution in [0.4, 0.5) is 4.39 Å². The maximum absolute atomic E-state index is 13.4. The molecule has 0 aromatic heterocycles. The molecule has 0 N–H and O–H groups in total. The van der Waals surface area contributed by atoms with Gasteiger partial charge in [0.25, 0.3) is 0 Å². The van der Waals surface area contributed by atoms with Crippen LogP contribution in [0, 0.1) is 31.0 Å². The van der Waals surface area contributed by atoms with Gasteiger partial charge in [-0.05, 0) is 31.0 Å². The Morgan fingerprint density at radius 2 is 2.08 bits per heavy atom. The number of hydrogen-bond acceptors (Lipinski definition) is 1. The van der Waals surface area contributed by atoms with E-state index in [0.29, 0.717) is 21.7 Å². The summed E-state index contributed by atoms with van der Waals surface area (Å²) in [4.78, 5) is 0. The Labute approximate surface area is 81.8 Å². The van der Waals surface area contributed by atoms with Crippen molar-refractivity contribution in [3.05, 3.63) is 33.6 Å². The van der Waals surface area contributed by atoms with Gasteiger partial charge in [0.05, 0.1) is 12.5 Å². The quantitative estimate of drug-likeness (QED) is 0.679. The van der Waals surface area contributed by atoms with Crippen LogP contribution in [-0.4, -0.2) is 0 Å². The second-order valence-electron chi connectivity index (χ2n) is 2.92. The minimum atomic E-state index is -0.308. The van der Waals surface area contributed by atoms with Crippen molar-refractivity contribution in [2.45, 2.75) is 20.3 Å². The summed E-state index contributed by atoms with van der Waals surface area (Å²) >= 11 is 5.78. The third-order valence-electron chi connectivity index (χ3n) is 2.07. The van der Waals surface area contributed by atoms with Gasteiger partial charge in [-0.2, -0.15) is 5.26 Å². The van der Waals surface area contributed by atoms with Crippen LogP contribution in [0.5, 0.6) is 0 Å². The first-order valence-electron chi connectivity index (χ1n) is 3.89. The molecule has 0 atom stereocenters. The van der Waals surface area contributed by atoms with E-state index in [1.54, 1.807) is 19.9 Å². The molecule has 13 heavy (non-hydrogen) atoms. The summed E-state index contributed by atoms with van der Waals surface area (Å²) in [6, 6.07) is 3.62. The molecule has 0 unspecified atom stereocenters. The molecule has 1 aromatic rings. The molecule has 0 saturated heterocycles. The van der Waals surface area contributed by atoms with Crippen LogP contribution in [0.1, 0.15) is 16.7 Å². The minimum Gasteiger partial charge on any atom is -0.206 e. The largest absolute Gasteiger partial charge is 0.206 e. The maximum atomic E-state index is 13.4. The molecule has 0 aliphatic heterocycles. The highest BCUT2D eigenvalue weighted by Crippen LogP contribution is 2.24. The highest BCUT2D eigenvalue weighted by atomic mass is 35.5. The standard InChI is InChI=1S/C10H9ClFN/c1-6-8(3-4-13)5-9(11)7(2)10(6)12/h5H,3H2,1-2H3. The predicted octanol–water partition coefficient (Wildman–Crippen LogP) is 3.16. The minimum absolute atomic E-state index is 0.197. The Balaban J connectivity index is 3.34. The van der Waals surface area contributed by atoms with E-state index in [0.717, 1.165) is 0 Å². The van der Waals surface area contributed by atoms with Crippen LogP contribution in [0.2, 0.25) is 5.02 Å². The van der Waals surface area contributed by atoms with Gasteiger partial charge in [-0.1, -0.05) is 11.6 Å². The predicted molar refractivity (Wildman–Crippen MR) is 50.2 cm³/mol. The van der Waals surface area contributed by atoms with Crippen molar-refractivity contribution in [1.82, 2.24) is 0 Å². The molecule has 0 radical (unpaired) electrons. The number of nitriles is 1. The van der Waals surface area contributed by atoms with Crippen LogP contribution < -0.4 is 0 Å². The average Bonchev–Trinajstić information content (AvgIpc) is 2.11. The lowest BCUT2D eigenvalue weighted by Crippen LogP contribution is -1.96. The summed E-state index contributed by atoms with van der Waals surface area (Å²) in [5.41, 5.74) is 1.62. The third-order valence-corrected chi connectivity index (χ3v) is 2.46. The Hall–Kier alpha value is -1.07. The van der Waals surface area contributed by atoms with Crippen LogP contribution in [0.25, 0.3) is 0 Å². The van der Waals surface area contributed by atoms with Crippen molar-refractivity contribution in [3.63, 3.8) is 0 Å². The molecule has 1 aromatic carbocycles. The Morgan fingerprint density at radius 1 is 1.46 bits per heavy atom. The van der Waals surface area contributed by atoms with Crippen molar-refractivity contribution in [3.8, 4) is 6.07 Å². The highest BCUT2D eigenvalue weighted by molar-refractivity contribution is 6.31. The van der Waals surface area contributed by atoms with Gasteiger partial charge in [-0.25, -0.2) is 4.39 Å². The molecule has 0 heterocycles. The van der Waals surface area contributed by atoms with Gasteiger partial charge in [0.2, 0.25) is 0 Å². The van der Waals surface area contributed by atoms with Crippen molar-refractivity contribution >= 4 is 11.6 Å². The monoisotopic (exact) mass is 197 g/mol. The SMILES string of the molecule is Cc1c(Cl)cc(CC#N)c(C)c1F. The molecule has 0 fully saturated rings. The van der Waals surface area contributed by atoms with E-state index < -0.39 is 0 Å². The van der Waals surface area contributed by atoms with Gasteiger partial charge in [0.15, 0.2) is 0 Å². The summed E-state index contributed by atoms with van der Waals surface area (Å²) in [7, 11) is 0. The zero-order chi connectivity index (χ0) is 10.0. The topological polar surface area (TPSA) is 23.8 Å². The first kappa shape index (κ1) is 10.0. The van der Waals surface area contributed by atoms with Crippen LogP contribution in [0.15, 0.2) is 6.07 Å². The Bertz CT molecular complexity index is 379. The molecule has 0 aliphatic rings. The molecule has 3 heteroatoms. The summed E-state index contributed by atoms with van der Waals surface area (Å²) in [5.74, 6) is -0.308. The molecular formula is C10H9ClFN. The van der Waals surface area contributed by atoms with Gasteiger partial charge in [-0.15, -0.1) is 0 Å². The number of hydrogen-bond donors (Lipinski definition) is 0. The molecule has 1 nitrogen and oxygen atoms in total. The molecule has 68 valence electrons. The van der Waals surface area contributed by atoms with E-state index in [9.17, 15) is 4.39 Å². The molecule has 1 rings (SSSR count). The van der Waals surface area contributed by atoms with Gasteiger partial charge in [0, 0.05) is 10.6 Å². The molecule has 0 bridgehead atoms. The lowest BCUT2D eigenvalue weighted by atomic mass is 10.0. The number of benzene rings is 1. The van der Waals surface area contributed by atoms with Gasteiger partial charge < -0.3 is 0 Å².